The van der Waals surface area contributed by atoms with Crippen LogP contribution in [-0.2, 0) is 0 Å². The highest BCUT2D eigenvalue weighted by molar-refractivity contribution is 5.50. The standard InChI is InChI=1S/C17H25N/c1-16(2)13-17(11-7-4-8-12-17)14-18(16)15-9-5-3-6-10-15/h3,5-6,9-10H,4,7-8,11-14H2,1-2H3. The smallest absolute Gasteiger partial charge is 0.0370 e. The summed E-state index contributed by atoms with van der Waals surface area (Å²) < 4.78 is 0. The maximum atomic E-state index is 2.65. The highest BCUT2D eigenvalue weighted by Crippen LogP contribution is 2.51. The summed E-state index contributed by atoms with van der Waals surface area (Å²) in [7, 11) is 0. The van der Waals surface area contributed by atoms with Crippen LogP contribution in [0.4, 0.5) is 5.69 Å². The largest absolute Gasteiger partial charge is 0.366 e. The van der Waals surface area contributed by atoms with Crippen LogP contribution in [-0.4, -0.2) is 12.1 Å². The van der Waals surface area contributed by atoms with Crippen molar-refractivity contribution < 1.29 is 0 Å². The Balaban J connectivity index is 1.87. The van der Waals surface area contributed by atoms with E-state index in [2.05, 4.69) is 49.1 Å². The monoisotopic (exact) mass is 243 g/mol. The molecule has 2 fully saturated rings. The Morgan fingerprint density at radius 3 is 2.28 bits per heavy atom. The first-order chi connectivity index (χ1) is 8.61. The Labute approximate surface area is 111 Å². The average molecular weight is 243 g/mol. The van der Waals surface area contributed by atoms with Gasteiger partial charge in [-0.2, -0.15) is 0 Å². The lowest BCUT2D eigenvalue weighted by atomic mass is 9.71. The van der Waals surface area contributed by atoms with Crippen molar-refractivity contribution in [2.45, 2.75) is 57.9 Å². The summed E-state index contributed by atoms with van der Waals surface area (Å²) in [5.74, 6) is 0. The quantitative estimate of drug-likeness (QED) is 0.695. The van der Waals surface area contributed by atoms with Crippen LogP contribution < -0.4 is 4.90 Å². The molecule has 0 aromatic heterocycles. The third kappa shape index (κ3) is 2.04. The zero-order valence-corrected chi connectivity index (χ0v) is 11.8. The van der Waals surface area contributed by atoms with E-state index >= 15 is 0 Å². The number of hydrogen-bond acceptors (Lipinski definition) is 1. The Bertz CT molecular complexity index is 401. The van der Waals surface area contributed by atoms with E-state index in [1.807, 2.05) is 0 Å². The number of nitrogens with zero attached hydrogens (tertiary/aromatic N) is 1. The fourth-order valence-corrected chi connectivity index (χ4v) is 4.30. The van der Waals surface area contributed by atoms with Crippen molar-refractivity contribution in [1.82, 2.24) is 0 Å². The predicted octanol–water partition coefficient (Wildman–Crippen LogP) is 4.63. The number of rotatable bonds is 1. The summed E-state index contributed by atoms with van der Waals surface area (Å²) >= 11 is 0. The first kappa shape index (κ1) is 12.1. The fraction of sp³-hybridized carbons (Fsp3) is 0.647. The van der Waals surface area contributed by atoms with Crippen molar-refractivity contribution in [2.24, 2.45) is 5.41 Å². The minimum atomic E-state index is 0.318. The second-order valence-electron chi connectivity index (χ2n) is 6.97. The molecule has 1 aromatic carbocycles. The Morgan fingerprint density at radius 1 is 0.944 bits per heavy atom. The molecule has 0 amide bonds. The van der Waals surface area contributed by atoms with E-state index < -0.39 is 0 Å². The van der Waals surface area contributed by atoms with Crippen LogP contribution in [0, 0.1) is 5.41 Å². The summed E-state index contributed by atoms with van der Waals surface area (Å²) in [6, 6.07) is 11.0. The van der Waals surface area contributed by atoms with Gasteiger partial charge in [0.2, 0.25) is 0 Å². The lowest BCUT2D eigenvalue weighted by Gasteiger charge is -2.33. The van der Waals surface area contributed by atoms with Gasteiger partial charge in [-0.15, -0.1) is 0 Å². The Hall–Kier alpha value is -0.980. The summed E-state index contributed by atoms with van der Waals surface area (Å²) in [5, 5.41) is 0. The van der Waals surface area contributed by atoms with Crippen molar-refractivity contribution >= 4 is 5.69 Å². The molecule has 1 heterocycles. The molecule has 98 valence electrons. The van der Waals surface area contributed by atoms with Gasteiger partial charge in [0.25, 0.3) is 0 Å². The molecule has 0 unspecified atom stereocenters. The SMILES string of the molecule is CC1(C)CC2(CCCCC2)CN1c1ccccc1. The van der Waals surface area contributed by atoms with E-state index in [4.69, 9.17) is 0 Å². The number of benzene rings is 1. The first-order valence-corrected chi connectivity index (χ1v) is 7.44. The third-order valence-corrected chi connectivity index (χ3v) is 5.01. The van der Waals surface area contributed by atoms with Gasteiger partial charge in [0.15, 0.2) is 0 Å². The summed E-state index contributed by atoms with van der Waals surface area (Å²) in [4.78, 5) is 2.65. The van der Waals surface area contributed by atoms with E-state index in [1.165, 1.54) is 50.8 Å². The van der Waals surface area contributed by atoms with Gasteiger partial charge in [-0.1, -0.05) is 37.5 Å². The highest BCUT2D eigenvalue weighted by atomic mass is 15.2. The molecule has 0 N–H and O–H groups in total. The van der Waals surface area contributed by atoms with Crippen molar-refractivity contribution in [2.75, 3.05) is 11.4 Å². The maximum Gasteiger partial charge on any atom is 0.0370 e. The third-order valence-electron chi connectivity index (χ3n) is 5.01. The summed E-state index contributed by atoms with van der Waals surface area (Å²) in [6.45, 7) is 6.11. The van der Waals surface area contributed by atoms with Gasteiger partial charge >= 0.3 is 0 Å². The van der Waals surface area contributed by atoms with Crippen molar-refractivity contribution in [3.63, 3.8) is 0 Å². The van der Waals surface area contributed by atoms with Crippen LogP contribution in [0.2, 0.25) is 0 Å². The normalized spacial score (nSPS) is 25.6. The average Bonchev–Trinajstić information content (AvgIpc) is 2.62. The van der Waals surface area contributed by atoms with E-state index in [0.29, 0.717) is 11.0 Å². The van der Waals surface area contributed by atoms with Gasteiger partial charge in [0, 0.05) is 17.8 Å². The molecule has 3 rings (SSSR count). The molecular formula is C17H25N. The van der Waals surface area contributed by atoms with E-state index in [1.54, 1.807) is 0 Å². The van der Waals surface area contributed by atoms with Gasteiger partial charge in [-0.05, 0) is 50.7 Å². The molecule has 1 heteroatoms. The minimum absolute atomic E-state index is 0.318. The number of para-hydroxylation sites is 1. The minimum Gasteiger partial charge on any atom is -0.366 e. The molecule has 0 bridgehead atoms. The molecule has 18 heavy (non-hydrogen) atoms. The van der Waals surface area contributed by atoms with Crippen LogP contribution >= 0.6 is 0 Å². The molecule has 1 spiro atoms. The Morgan fingerprint density at radius 2 is 1.61 bits per heavy atom. The van der Waals surface area contributed by atoms with Crippen LogP contribution in [0.5, 0.6) is 0 Å². The van der Waals surface area contributed by atoms with E-state index in [9.17, 15) is 0 Å². The molecule has 1 nitrogen and oxygen atoms in total. The first-order valence-electron chi connectivity index (χ1n) is 7.44. The molecule has 0 atom stereocenters. The second-order valence-corrected chi connectivity index (χ2v) is 6.97. The van der Waals surface area contributed by atoms with Crippen LogP contribution in [0.15, 0.2) is 30.3 Å². The molecule has 1 saturated heterocycles. The van der Waals surface area contributed by atoms with Gasteiger partial charge < -0.3 is 4.90 Å². The van der Waals surface area contributed by atoms with Gasteiger partial charge in [0.1, 0.15) is 0 Å². The van der Waals surface area contributed by atoms with E-state index in [-0.39, 0.29) is 0 Å². The van der Waals surface area contributed by atoms with Gasteiger partial charge in [-0.3, -0.25) is 0 Å². The van der Waals surface area contributed by atoms with Crippen LogP contribution in [0.1, 0.15) is 52.4 Å². The number of anilines is 1. The molecule has 1 aromatic rings. The molecular weight excluding hydrogens is 218 g/mol. The van der Waals surface area contributed by atoms with Crippen molar-refractivity contribution in [3.05, 3.63) is 30.3 Å². The topological polar surface area (TPSA) is 3.24 Å². The van der Waals surface area contributed by atoms with Crippen LogP contribution in [0.3, 0.4) is 0 Å². The molecule has 1 saturated carbocycles. The molecule has 0 radical (unpaired) electrons. The van der Waals surface area contributed by atoms with Crippen molar-refractivity contribution in [1.29, 1.82) is 0 Å². The fourth-order valence-electron chi connectivity index (χ4n) is 4.30. The molecule has 1 aliphatic heterocycles. The van der Waals surface area contributed by atoms with E-state index in [0.717, 1.165) is 0 Å². The zero-order chi connectivity index (χ0) is 12.6. The maximum absolute atomic E-state index is 2.65. The lowest BCUT2D eigenvalue weighted by Crippen LogP contribution is -2.38. The summed E-state index contributed by atoms with van der Waals surface area (Å²) in [6.07, 6.45) is 8.60. The highest BCUT2D eigenvalue weighted by Gasteiger charge is 2.48. The molecule has 1 aliphatic carbocycles. The lowest BCUT2D eigenvalue weighted by molar-refractivity contribution is 0.204. The second kappa shape index (κ2) is 4.29. The zero-order valence-electron chi connectivity index (χ0n) is 11.8. The van der Waals surface area contributed by atoms with Crippen molar-refractivity contribution in [3.8, 4) is 0 Å². The summed E-state index contributed by atoms with van der Waals surface area (Å²) in [5.41, 5.74) is 2.33. The predicted molar refractivity (Wildman–Crippen MR) is 78.0 cm³/mol. The number of hydrogen-bond donors (Lipinski definition) is 0. The van der Waals surface area contributed by atoms with Gasteiger partial charge in [-0.25, -0.2) is 0 Å². The van der Waals surface area contributed by atoms with Gasteiger partial charge in [0.05, 0.1) is 0 Å². The Kier molecular flexibility index (Phi) is 2.88. The molecule has 2 aliphatic rings. The van der Waals surface area contributed by atoms with Crippen LogP contribution in [0.25, 0.3) is 0 Å².